The van der Waals surface area contributed by atoms with Gasteiger partial charge in [0.05, 0.1) is 5.02 Å². The molecule has 2 N–H and O–H groups in total. The zero-order valence-electron chi connectivity index (χ0n) is 21.6. The molecule has 0 saturated carbocycles. The topological polar surface area (TPSA) is 109 Å². The van der Waals surface area contributed by atoms with Crippen LogP contribution in [-0.4, -0.2) is 57.2 Å². The first-order valence-electron chi connectivity index (χ1n) is 13.1. The number of rotatable bonds is 0. The summed E-state index contributed by atoms with van der Waals surface area (Å²) in [5, 5.41) is 4.05. The fourth-order valence-corrected chi connectivity index (χ4v) is 5.91. The standard InChI is InChI=1S/C32H17ClN8.Al.ClH.3H/c33-23-15-7-14-22-24(23)32-40-30-21-13-6-5-12-20(21)28(38-30)36-26-17-9-2-1-8-16(17)25(34-26)35-27-18-10-3-4-11-19(18)29(37-27)39-31(22)41-32;;;;;/h1-15H,(H2,34,35,36,37,38,39,40,41);;1H;;;. The van der Waals surface area contributed by atoms with E-state index in [1.54, 1.807) is 0 Å². The first kappa shape index (κ1) is 27.2. The van der Waals surface area contributed by atoms with Crippen molar-refractivity contribution < 1.29 is 0 Å². The molecule has 0 unspecified atom stereocenters. The Morgan fingerprint density at radius 3 is 1.28 bits per heavy atom. The second-order valence-corrected chi connectivity index (χ2v) is 10.3. The van der Waals surface area contributed by atoms with E-state index in [4.69, 9.17) is 41.5 Å². The minimum absolute atomic E-state index is 0. The van der Waals surface area contributed by atoms with Crippen molar-refractivity contribution in [3.8, 4) is 45.6 Å². The number of halogens is 2. The van der Waals surface area contributed by atoms with Crippen molar-refractivity contribution in [2.45, 2.75) is 0 Å². The SMILES string of the molecule is Cl.Clc1cccc2c3nc4nc(nc5[nH]c(nc6nc(nc([nH]3)c12)-c1ccccc1-6)c1ccccc51)-c1ccccc1-4.[AlH3]. The minimum atomic E-state index is 0. The Balaban J connectivity index is 0.00000150. The summed E-state index contributed by atoms with van der Waals surface area (Å²) in [5.74, 6) is 2.24. The molecule has 8 nitrogen and oxygen atoms in total. The van der Waals surface area contributed by atoms with Gasteiger partial charge in [0, 0.05) is 43.8 Å². The number of aromatic nitrogens is 8. The summed E-state index contributed by atoms with van der Waals surface area (Å²) in [5.41, 5.74) is 6.09. The van der Waals surface area contributed by atoms with Gasteiger partial charge < -0.3 is 9.97 Å². The first-order chi connectivity index (χ1) is 20.2. The highest BCUT2D eigenvalue weighted by molar-refractivity contribution is 6.37. The van der Waals surface area contributed by atoms with Crippen LogP contribution in [0.5, 0.6) is 0 Å². The molecule has 0 fully saturated rings. The van der Waals surface area contributed by atoms with Crippen molar-refractivity contribution in [3.63, 3.8) is 0 Å². The van der Waals surface area contributed by atoms with Gasteiger partial charge in [-0.1, -0.05) is 96.5 Å². The summed E-state index contributed by atoms with van der Waals surface area (Å²) in [7, 11) is 0. The molecule has 0 aliphatic carbocycles. The highest BCUT2D eigenvalue weighted by atomic mass is 35.5. The van der Waals surface area contributed by atoms with E-state index in [2.05, 4.69) is 9.97 Å². The minimum Gasteiger partial charge on any atom is -0.324 e. The highest BCUT2D eigenvalue weighted by Gasteiger charge is 2.22. The lowest BCUT2D eigenvalue weighted by Crippen LogP contribution is -1.83. The van der Waals surface area contributed by atoms with Gasteiger partial charge >= 0.3 is 0 Å². The van der Waals surface area contributed by atoms with E-state index in [9.17, 15) is 0 Å². The second kappa shape index (κ2) is 10.3. The summed E-state index contributed by atoms with van der Waals surface area (Å²) >= 11 is 6.73. The predicted molar refractivity (Wildman–Crippen MR) is 178 cm³/mol. The maximum Gasteiger partial charge on any atom is 0.187 e. The normalized spacial score (nSPS) is 11.5. The third-order valence-corrected chi connectivity index (χ3v) is 7.84. The maximum absolute atomic E-state index is 6.73. The van der Waals surface area contributed by atoms with Crippen molar-refractivity contribution in [1.82, 2.24) is 39.9 Å². The highest BCUT2D eigenvalue weighted by Crippen LogP contribution is 2.37. The molecule has 206 valence electrons. The predicted octanol–water partition coefficient (Wildman–Crippen LogP) is 6.76. The number of benzene rings is 4. The molecule has 0 saturated heterocycles. The number of nitrogens with one attached hydrogen (secondary N) is 2. The molecular weight excluding hydrogens is 594 g/mol. The van der Waals surface area contributed by atoms with Crippen LogP contribution < -0.4 is 0 Å². The molecule has 5 heterocycles. The Kier molecular flexibility index (Phi) is 6.49. The van der Waals surface area contributed by atoms with Crippen LogP contribution in [0.4, 0.5) is 0 Å². The van der Waals surface area contributed by atoms with Crippen LogP contribution in [0.3, 0.4) is 0 Å². The van der Waals surface area contributed by atoms with Crippen LogP contribution in [0.15, 0.2) is 91.0 Å². The van der Waals surface area contributed by atoms with Gasteiger partial charge in [-0.3, -0.25) is 0 Å². The largest absolute Gasteiger partial charge is 0.324 e. The fraction of sp³-hybridized carbons (Fsp3) is 0. The number of hydrogen-bond donors (Lipinski definition) is 2. The molecule has 0 radical (unpaired) electrons. The molecule has 8 bridgehead atoms. The molecule has 9 rings (SSSR count). The number of H-pyrrole nitrogens is 2. The van der Waals surface area contributed by atoms with Gasteiger partial charge in [-0.2, -0.15) is 0 Å². The number of aromatic amines is 2. The molecule has 0 atom stereocenters. The summed E-state index contributed by atoms with van der Waals surface area (Å²) in [6.45, 7) is 0. The maximum atomic E-state index is 6.73. The zero-order valence-corrected chi connectivity index (χ0v) is 23.2. The average Bonchev–Trinajstić information content (AvgIpc) is 3.73. The zero-order chi connectivity index (χ0) is 27.1. The van der Waals surface area contributed by atoms with Crippen LogP contribution in [0.25, 0.3) is 89.7 Å². The Labute approximate surface area is 265 Å². The van der Waals surface area contributed by atoms with Gasteiger partial charge in [0.1, 0.15) is 22.6 Å². The quantitative estimate of drug-likeness (QED) is 0.183. The molecule has 2 aliphatic rings. The molecule has 3 aromatic heterocycles. The van der Waals surface area contributed by atoms with Gasteiger partial charge in [0.15, 0.2) is 40.7 Å². The lowest BCUT2D eigenvalue weighted by Gasteiger charge is -1.96. The van der Waals surface area contributed by atoms with E-state index in [1.165, 1.54) is 0 Å². The monoisotopic (exact) mass is 614 g/mol. The van der Waals surface area contributed by atoms with Crippen molar-refractivity contribution >= 4 is 85.5 Å². The lowest BCUT2D eigenvalue weighted by molar-refractivity contribution is 1.19. The Bertz CT molecular complexity index is 2410. The van der Waals surface area contributed by atoms with Gasteiger partial charge in [-0.15, -0.1) is 12.4 Å². The first-order valence-corrected chi connectivity index (χ1v) is 13.5. The van der Waals surface area contributed by atoms with Crippen LogP contribution in [0, 0.1) is 0 Å². The summed E-state index contributed by atoms with van der Waals surface area (Å²) in [6.07, 6.45) is 0. The molecule has 11 heteroatoms. The summed E-state index contributed by atoms with van der Waals surface area (Å²) in [6, 6.07) is 29.7. The van der Waals surface area contributed by atoms with Crippen molar-refractivity contribution in [1.29, 1.82) is 0 Å². The average molecular weight is 615 g/mol. The van der Waals surface area contributed by atoms with E-state index in [0.29, 0.717) is 50.9 Å². The smallest absolute Gasteiger partial charge is 0.187 e. The van der Waals surface area contributed by atoms with Crippen molar-refractivity contribution in [2.24, 2.45) is 0 Å². The number of nitrogens with zero attached hydrogens (tertiary/aromatic N) is 6. The third-order valence-electron chi connectivity index (χ3n) is 7.53. The van der Waals surface area contributed by atoms with E-state index in [-0.39, 0.29) is 29.8 Å². The fourth-order valence-electron chi connectivity index (χ4n) is 5.65. The number of fused-ring (bicyclic) bond motifs is 20. The van der Waals surface area contributed by atoms with Gasteiger partial charge in [-0.05, 0) is 6.07 Å². The van der Waals surface area contributed by atoms with E-state index < -0.39 is 0 Å². The van der Waals surface area contributed by atoms with E-state index in [0.717, 1.165) is 43.8 Å². The third kappa shape index (κ3) is 4.13. The Morgan fingerprint density at radius 2 is 0.791 bits per heavy atom. The molecule has 0 spiro atoms. The Morgan fingerprint density at radius 1 is 0.419 bits per heavy atom. The van der Waals surface area contributed by atoms with Crippen LogP contribution >= 0.6 is 24.0 Å². The summed E-state index contributed by atoms with van der Waals surface area (Å²) in [4.78, 5) is 36.6. The van der Waals surface area contributed by atoms with Gasteiger partial charge in [0.2, 0.25) is 0 Å². The van der Waals surface area contributed by atoms with Gasteiger partial charge in [-0.25, -0.2) is 29.9 Å². The molecule has 0 amide bonds. The Hall–Kier alpha value is -4.65. The van der Waals surface area contributed by atoms with Crippen LogP contribution in [0.2, 0.25) is 5.02 Å². The van der Waals surface area contributed by atoms with Crippen LogP contribution in [-0.2, 0) is 0 Å². The molecular formula is C32H21AlCl2N8. The van der Waals surface area contributed by atoms with Crippen LogP contribution in [0.1, 0.15) is 0 Å². The van der Waals surface area contributed by atoms with Crippen molar-refractivity contribution in [2.75, 3.05) is 0 Å². The molecule has 7 aromatic rings. The lowest BCUT2D eigenvalue weighted by atomic mass is 10.1. The summed E-state index contributed by atoms with van der Waals surface area (Å²) < 4.78 is 0. The number of hydrogen-bond acceptors (Lipinski definition) is 6. The van der Waals surface area contributed by atoms with Gasteiger partial charge in [0.25, 0.3) is 0 Å². The molecule has 43 heavy (non-hydrogen) atoms. The van der Waals surface area contributed by atoms with E-state index >= 15 is 0 Å². The molecule has 2 aliphatic heterocycles. The van der Waals surface area contributed by atoms with Crippen molar-refractivity contribution in [3.05, 3.63) is 96.0 Å². The van der Waals surface area contributed by atoms with E-state index in [1.807, 2.05) is 91.0 Å². The molecule has 4 aromatic carbocycles. The second-order valence-electron chi connectivity index (χ2n) is 9.91.